The topological polar surface area (TPSA) is 50.4 Å². The number of hydrogen-bond donors (Lipinski definition) is 1. The van der Waals surface area contributed by atoms with Gasteiger partial charge in [0.15, 0.2) is 0 Å². The molecule has 0 radical (unpaired) electrons. The first-order chi connectivity index (χ1) is 6.15. The Labute approximate surface area is 81.1 Å². The van der Waals surface area contributed by atoms with Crippen LogP contribution in [-0.4, -0.2) is 23.1 Å². The second-order valence-electron chi connectivity index (χ2n) is 2.79. The summed E-state index contributed by atoms with van der Waals surface area (Å²) < 4.78 is 5.27. The molecule has 0 fully saturated rings. The van der Waals surface area contributed by atoms with Gasteiger partial charge in [0.2, 0.25) is 0 Å². The standard InChI is InChI=1S/C9H12O3S/c1-6-3-4-8(12-6)7(5-13-2)9(10)11/h3-4,7H,5H2,1-2H3,(H,10,11). The van der Waals surface area contributed by atoms with Crippen LogP contribution < -0.4 is 0 Å². The molecule has 0 aliphatic rings. The molecule has 13 heavy (non-hydrogen) atoms. The van der Waals surface area contributed by atoms with Gasteiger partial charge >= 0.3 is 5.97 Å². The van der Waals surface area contributed by atoms with Crippen molar-refractivity contribution in [2.45, 2.75) is 12.8 Å². The number of aryl methyl sites for hydroxylation is 1. The van der Waals surface area contributed by atoms with Crippen molar-refractivity contribution in [2.75, 3.05) is 12.0 Å². The molecule has 4 heteroatoms. The van der Waals surface area contributed by atoms with Crippen molar-refractivity contribution in [3.8, 4) is 0 Å². The van der Waals surface area contributed by atoms with Crippen LogP contribution in [0.3, 0.4) is 0 Å². The lowest BCUT2D eigenvalue weighted by molar-refractivity contribution is -0.138. The lowest BCUT2D eigenvalue weighted by atomic mass is 10.1. The molecule has 0 aliphatic carbocycles. The minimum atomic E-state index is -0.830. The lowest BCUT2D eigenvalue weighted by Crippen LogP contribution is -2.13. The monoisotopic (exact) mass is 200 g/mol. The summed E-state index contributed by atoms with van der Waals surface area (Å²) in [5.74, 6) is 0.483. The fourth-order valence-electron chi connectivity index (χ4n) is 1.08. The van der Waals surface area contributed by atoms with Crippen molar-refractivity contribution < 1.29 is 14.3 Å². The van der Waals surface area contributed by atoms with Gasteiger partial charge in [0.1, 0.15) is 17.4 Å². The first-order valence-electron chi connectivity index (χ1n) is 3.93. The highest BCUT2D eigenvalue weighted by Gasteiger charge is 2.22. The molecule has 1 unspecified atom stereocenters. The molecule has 0 spiro atoms. The van der Waals surface area contributed by atoms with E-state index in [0.29, 0.717) is 11.5 Å². The summed E-state index contributed by atoms with van der Waals surface area (Å²) in [7, 11) is 0. The quantitative estimate of drug-likeness (QED) is 0.808. The Hall–Kier alpha value is -0.900. The van der Waals surface area contributed by atoms with E-state index in [4.69, 9.17) is 9.52 Å². The maximum absolute atomic E-state index is 10.8. The molecule has 0 amide bonds. The zero-order valence-corrected chi connectivity index (χ0v) is 8.43. The maximum atomic E-state index is 10.8. The number of furan rings is 1. The molecular weight excluding hydrogens is 188 g/mol. The van der Waals surface area contributed by atoms with E-state index < -0.39 is 11.9 Å². The van der Waals surface area contributed by atoms with Crippen LogP contribution in [0.5, 0.6) is 0 Å². The maximum Gasteiger partial charge on any atom is 0.315 e. The van der Waals surface area contributed by atoms with E-state index in [1.54, 1.807) is 12.1 Å². The summed E-state index contributed by atoms with van der Waals surface area (Å²) in [5, 5.41) is 8.89. The van der Waals surface area contributed by atoms with E-state index >= 15 is 0 Å². The highest BCUT2D eigenvalue weighted by atomic mass is 32.2. The van der Waals surface area contributed by atoms with Crippen LogP contribution in [0.1, 0.15) is 17.4 Å². The number of hydrogen-bond acceptors (Lipinski definition) is 3. The van der Waals surface area contributed by atoms with E-state index in [0.717, 1.165) is 5.76 Å². The Morgan fingerprint density at radius 3 is 2.77 bits per heavy atom. The third kappa shape index (κ3) is 2.52. The van der Waals surface area contributed by atoms with Gasteiger partial charge in [0.25, 0.3) is 0 Å². The van der Waals surface area contributed by atoms with E-state index in [1.807, 2.05) is 13.2 Å². The molecule has 0 aromatic carbocycles. The zero-order chi connectivity index (χ0) is 9.84. The summed E-state index contributed by atoms with van der Waals surface area (Å²) >= 11 is 1.50. The molecule has 0 aliphatic heterocycles. The molecule has 1 rings (SSSR count). The summed E-state index contributed by atoms with van der Waals surface area (Å²) in [5.41, 5.74) is 0. The Morgan fingerprint density at radius 2 is 2.38 bits per heavy atom. The molecular formula is C9H12O3S. The van der Waals surface area contributed by atoms with Gasteiger partial charge in [-0.15, -0.1) is 0 Å². The third-order valence-corrected chi connectivity index (χ3v) is 2.40. The summed E-state index contributed by atoms with van der Waals surface area (Å²) in [6.45, 7) is 1.81. The molecule has 1 heterocycles. The minimum Gasteiger partial charge on any atom is -0.481 e. The van der Waals surface area contributed by atoms with Crippen molar-refractivity contribution >= 4 is 17.7 Å². The van der Waals surface area contributed by atoms with Gasteiger partial charge < -0.3 is 9.52 Å². The number of carbonyl (C=O) groups is 1. The SMILES string of the molecule is CSCC(C(=O)O)c1ccc(C)o1. The van der Waals surface area contributed by atoms with Crippen LogP contribution in [0.15, 0.2) is 16.5 Å². The van der Waals surface area contributed by atoms with Crippen LogP contribution in [-0.2, 0) is 4.79 Å². The Morgan fingerprint density at radius 1 is 1.69 bits per heavy atom. The van der Waals surface area contributed by atoms with Gasteiger partial charge in [0.05, 0.1) is 0 Å². The van der Waals surface area contributed by atoms with E-state index in [-0.39, 0.29) is 0 Å². The van der Waals surface area contributed by atoms with E-state index in [9.17, 15) is 4.79 Å². The molecule has 0 saturated heterocycles. The van der Waals surface area contributed by atoms with Gasteiger partial charge in [-0.2, -0.15) is 11.8 Å². The van der Waals surface area contributed by atoms with Crippen LogP contribution in [0, 0.1) is 6.92 Å². The fraction of sp³-hybridized carbons (Fsp3) is 0.444. The Kier molecular flexibility index (Phi) is 3.42. The first kappa shape index (κ1) is 10.2. The van der Waals surface area contributed by atoms with Gasteiger partial charge in [-0.05, 0) is 25.3 Å². The first-order valence-corrected chi connectivity index (χ1v) is 5.32. The van der Waals surface area contributed by atoms with Crippen LogP contribution in [0.4, 0.5) is 0 Å². The molecule has 0 saturated carbocycles. The number of carboxylic acid groups (broad SMARTS) is 1. The van der Waals surface area contributed by atoms with E-state index in [1.165, 1.54) is 11.8 Å². The highest BCUT2D eigenvalue weighted by molar-refractivity contribution is 7.98. The number of rotatable bonds is 4. The molecule has 0 bridgehead atoms. The van der Waals surface area contributed by atoms with Gasteiger partial charge in [-0.1, -0.05) is 0 Å². The van der Waals surface area contributed by atoms with Gasteiger partial charge in [0, 0.05) is 5.75 Å². The zero-order valence-electron chi connectivity index (χ0n) is 7.61. The van der Waals surface area contributed by atoms with Crippen LogP contribution in [0.25, 0.3) is 0 Å². The largest absolute Gasteiger partial charge is 0.481 e. The number of carboxylic acids is 1. The van der Waals surface area contributed by atoms with Crippen LogP contribution >= 0.6 is 11.8 Å². The number of aliphatic carboxylic acids is 1. The van der Waals surface area contributed by atoms with Crippen molar-refractivity contribution in [3.63, 3.8) is 0 Å². The predicted octanol–water partition coefficient (Wildman–Crippen LogP) is 2.12. The van der Waals surface area contributed by atoms with Crippen molar-refractivity contribution in [1.82, 2.24) is 0 Å². The average molecular weight is 200 g/mol. The normalized spacial score (nSPS) is 12.8. The molecule has 1 aromatic rings. The molecule has 72 valence electrons. The third-order valence-electron chi connectivity index (χ3n) is 1.74. The minimum absolute atomic E-state index is 0.524. The fourth-order valence-corrected chi connectivity index (χ4v) is 1.72. The van der Waals surface area contributed by atoms with Gasteiger partial charge in [-0.3, -0.25) is 4.79 Å². The summed E-state index contributed by atoms with van der Waals surface area (Å²) in [6.07, 6.45) is 1.88. The van der Waals surface area contributed by atoms with Crippen molar-refractivity contribution in [2.24, 2.45) is 0 Å². The lowest BCUT2D eigenvalue weighted by Gasteiger charge is -2.06. The molecule has 1 atom stereocenters. The molecule has 3 nitrogen and oxygen atoms in total. The highest BCUT2D eigenvalue weighted by Crippen LogP contribution is 2.22. The average Bonchev–Trinajstić information content (AvgIpc) is 2.46. The number of thioether (sulfide) groups is 1. The summed E-state index contributed by atoms with van der Waals surface area (Å²) in [6, 6.07) is 3.51. The molecule has 1 aromatic heterocycles. The summed E-state index contributed by atoms with van der Waals surface area (Å²) in [4.78, 5) is 10.8. The van der Waals surface area contributed by atoms with E-state index in [2.05, 4.69) is 0 Å². The van der Waals surface area contributed by atoms with Crippen LogP contribution in [0.2, 0.25) is 0 Å². The Balaban J connectivity index is 2.81. The van der Waals surface area contributed by atoms with Crippen molar-refractivity contribution in [3.05, 3.63) is 23.7 Å². The predicted molar refractivity (Wildman–Crippen MR) is 52.2 cm³/mol. The second-order valence-corrected chi connectivity index (χ2v) is 3.71. The molecule has 1 N–H and O–H groups in total. The second kappa shape index (κ2) is 4.37. The van der Waals surface area contributed by atoms with Crippen molar-refractivity contribution in [1.29, 1.82) is 0 Å². The Bertz CT molecular complexity index is 293. The van der Waals surface area contributed by atoms with Gasteiger partial charge in [-0.25, -0.2) is 0 Å². The smallest absolute Gasteiger partial charge is 0.315 e.